The summed E-state index contributed by atoms with van der Waals surface area (Å²) in [7, 11) is 5.98. The number of hydrogen-bond donors (Lipinski definition) is 2. The van der Waals surface area contributed by atoms with Crippen molar-refractivity contribution >= 4 is 29.2 Å². The van der Waals surface area contributed by atoms with Gasteiger partial charge in [0.2, 0.25) is 11.9 Å². The van der Waals surface area contributed by atoms with Gasteiger partial charge in [-0.15, -0.1) is 5.10 Å². The lowest BCUT2D eigenvalue weighted by Gasteiger charge is -2.35. The number of hydrogen-bond acceptors (Lipinski definition) is 6. The summed E-state index contributed by atoms with van der Waals surface area (Å²) in [6.07, 6.45) is 0. The van der Waals surface area contributed by atoms with Crippen LogP contribution in [-0.2, 0) is 6.54 Å². The highest BCUT2D eigenvalue weighted by atomic mass is 35.5. The van der Waals surface area contributed by atoms with Gasteiger partial charge in [0, 0.05) is 63.1 Å². The molecular weight excluding hydrogens is 326 g/mol. The van der Waals surface area contributed by atoms with E-state index in [-0.39, 0.29) is 0 Å². The minimum Gasteiger partial charge on any atom is -0.369 e. The highest BCUT2D eigenvalue weighted by molar-refractivity contribution is 6.31. The van der Waals surface area contributed by atoms with Gasteiger partial charge in [0.25, 0.3) is 0 Å². The Labute approximate surface area is 147 Å². The minimum absolute atomic E-state index is 0.601. The zero-order valence-electron chi connectivity index (χ0n) is 14.4. The standard InChI is InChI=1S/C16H24ClN7/c1-22(2)16-19-15(20-21-16)18-11-12-13(17)5-4-6-14(12)24-9-7-23(3)8-10-24/h4-6H,7-11H2,1-3H3,(H2,18,19,20,21). The summed E-state index contributed by atoms with van der Waals surface area (Å²) in [6.45, 7) is 4.75. The number of H-pyrrole nitrogens is 1. The van der Waals surface area contributed by atoms with Gasteiger partial charge in [-0.2, -0.15) is 4.98 Å². The fourth-order valence-corrected chi connectivity index (χ4v) is 3.01. The molecule has 8 heteroatoms. The number of benzene rings is 1. The SMILES string of the molecule is CN1CCN(c2cccc(Cl)c2CNc2nc(N(C)C)n[nH]2)CC1. The van der Waals surface area contributed by atoms with E-state index in [4.69, 9.17) is 11.6 Å². The Bertz CT molecular complexity index is 677. The third kappa shape index (κ3) is 3.73. The van der Waals surface area contributed by atoms with Crippen LogP contribution in [0.5, 0.6) is 0 Å². The van der Waals surface area contributed by atoms with E-state index in [1.165, 1.54) is 5.69 Å². The molecule has 130 valence electrons. The van der Waals surface area contributed by atoms with E-state index in [9.17, 15) is 0 Å². The lowest BCUT2D eigenvalue weighted by molar-refractivity contribution is 0.312. The van der Waals surface area contributed by atoms with Gasteiger partial charge in [0.1, 0.15) is 0 Å². The molecule has 0 unspecified atom stereocenters. The molecule has 0 amide bonds. The summed E-state index contributed by atoms with van der Waals surface area (Å²) in [5, 5.41) is 11.1. The monoisotopic (exact) mass is 349 g/mol. The van der Waals surface area contributed by atoms with Crippen molar-refractivity contribution in [3.05, 3.63) is 28.8 Å². The van der Waals surface area contributed by atoms with Crippen LogP contribution in [0.4, 0.5) is 17.6 Å². The Kier molecular flexibility index (Phi) is 5.11. The maximum absolute atomic E-state index is 6.47. The summed E-state index contributed by atoms with van der Waals surface area (Å²) in [5.74, 6) is 1.29. The number of nitrogens with zero attached hydrogens (tertiary/aromatic N) is 5. The van der Waals surface area contributed by atoms with Crippen LogP contribution < -0.4 is 15.1 Å². The first-order valence-corrected chi connectivity index (χ1v) is 8.47. The second-order valence-electron chi connectivity index (χ2n) is 6.26. The Morgan fingerprint density at radius 1 is 1.25 bits per heavy atom. The lowest BCUT2D eigenvalue weighted by atomic mass is 10.1. The molecule has 3 rings (SSSR count). The predicted molar refractivity (Wildman–Crippen MR) is 99.2 cm³/mol. The number of rotatable bonds is 5. The number of likely N-dealkylation sites (N-methyl/N-ethyl adjacent to an activating group) is 1. The Hall–Kier alpha value is -1.99. The molecule has 7 nitrogen and oxygen atoms in total. The van der Waals surface area contributed by atoms with Crippen LogP contribution in [0.15, 0.2) is 18.2 Å². The van der Waals surface area contributed by atoms with Crippen LogP contribution in [0.2, 0.25) is 5.02 Å². The molecule has 0 aliphatic carbocycles. The maximum atomic E-state index is 6.47. The maximum Gasteiger partial charge on any atom is 0.245 e. The molecule has 0 bridgehead atoms. The van der Waals surface area contributed by atoms with E-state index in [1.54, 1.807) is 0 Å². The van der Waals surface area contributed by atoms with Crippen LogP contribution in [-0.4, -0.2) is 67.4 Å². The van der Waals surface area contributed by atoms with Crippen molar-refractivity contribution in [2.24, 2.45) is 0 Å². The van der Waals surface area contributed by atoms with E-state index in [0.29, 0.717) is 18.4 Å². The fourth-order valence-electron chi connectivity index (χ4n) is 2.77. The highest BCUT2D eigenvalue weighted by Gasteiger charge is 2.18. The van der Waals surface area contributed by atoms with Crippen molar-refractivity contribution in [3.63, 3.8) is 0 Å². The Morgan fingerprint density at radius 2 is 2.00 bits per heavy atom. The van der Waals surface area contributed by atoms with Crippen LogP contribution in [0.3, 0.4) is 0 Å². The number of anilines is 3. The third-order valence-corrected chi connectivity index (χ3v) is 4.60. The van der Waals surface area contributed by atoms with Crippen molar-refractivity contribution in [1.29, 1.82) is 0 Å². The molecule has 2 aromatic rings. The van der Waals surface area contributed by atoms with E-state index in [2.05, 4.69) is 43.4 Å². The van der Waals surface area contributed by atoms with Gasteiger partial charge in [-0.25, -0.2) is 5.10 Å². The molecule has 1 aliphatic heterocycles. The molecule has 1 saturated heterocycles. The average Bonchev–Trinajstić information content (AvgIpc) is 3.03. The normalized spacial score (nSPS) is 15.6. The summed E-state index contributed by atoms with van der Waals surface area (Å²) in [6, 6.07) is 6.09. The van der Waals surface area contributed by atoms with Gasteiger partial charge >= 0.3 is 0 Å². The Balaban J connectivity index is 1.74. The first kappa shape index (κ1) is 16.9. The van der Waals surface area contributed by atoms with Crippen molar-refractivity contribution < 1.29 is 0 Å². The molecular formula is C16H24ClN7. The van der Waals surface area contributed by atoms with Gasteiger partial charge in [0.05, 0.1) is 0 Å². The first-order valence-electron chi connectivity index (χ1n) is 8.09. The smallest absolute Gasteiger partial charge is 0.245 e. The molecule has 1 aromatic heterocycles. The van der Waals surface area contributed by atoms with Crippen LogP contribution in [0.1, 0.15) is 5.56 Å². The van der Waals surface area contributed by atoms with Gasteiger partial charge in [-0.05, 0) is 19.2 Å². The molecule has 2 N–H and O–H groups in total. The van der Waals surface area contributed by atoms with Gasteiger partial charge < -0.3 is 20.0 Å². The lowest BCUT2D eigenvalue weighted by Crippen LogP contribution is -2.44. The van der Waals surface area contributed by atoms with Crippen molar-refractivity contribution in [2.45, 2.75) is 6.54 Å². The number of piperazine rings is 1. The fraction of sp³-hybridized carbons (Fsp3) is 0.500. The van der Waals surface area contributed by atoms with Crippen molar-refractivity contribution in [3.8, 4) is 0 Å². The molecule has 1 aromatic carbocycles. The average molecular weight is 350 g/mol. The van der Waals surface area contributed by atoms with Crippen LogP contribution in [0, 0.1) is 0 Å². The predicted octanol–water partition coefficient (Wildman–Crippen LogP) is 1.89. The van der Waals surface area contributed by atoms with E-state index in [1.807, 2.05) is 31.1 Å². The number of nitrogens with one attached hydrogen (secondary N) is 2. The molecule has 0 spiro atoms. The topological polar surface area (TPSA) is 63.3 Å². The molecule has 2 heterocycles. The summed E-state index contributed by atoms with van der Waals surface area (Å²) in [5.41, 5.74) is 2.28. The number of aromatic amines is 1. The van der Waals surface area contributed by atoms with E-state index < -0.39 is 0 Å². The van der Waals surface area contributed by atoms with Gasteiger partial charge in [-0.1, -0.05) is 17.7 Å². The van der Waals surface area contributed by atoms with E-state index >= 15 is 0 Å². The zero-order valence-corrected chi connectivity index (χ0v) is 15.1. The molecule has 24 heavy (non-hydrogen) atoms. The van der Waals surface area contributed by atoms with Gasteiger partial charge in [-0.3, -0.25) is 0 Å². The summed E-state index contributed by atoms with van der Waals surface area (Å²) in [4.78, 5) is 11.0. The van der Waals surface area contributed by atoms with E-state index in [0.717, 1.165) is 36.8 Å². The molecule has 1 aliphatic rings. The second kappa shape index (κ2) is 7.27. The highest BCUT2D eigenvalue weighted by Crippen LogP contribution is 2.29. The summed E-state index contributed by atoms with van der Waals surface area (Å²) >= 11 is 6.47. The van der Waals surface area contributed by atoms with Gasteiger partial charge in [0.15, 0.2) is 0 Å². The molecule has 0 atom stereocenters. The van der Waals surface area contributed by atoms with Crippen LogP contribution >= 0.6 is 11.6 Å². The molecule has 0 saturated carbocycles. The minimum atomic E-state index is 0.601. The quantitative estimate of drug-likeness (QED) is 0.859. The second-order valence-corrected chi connectivity index (χ2v) is 6.67. The Morgan fingerprint density at radius 3 is 2.67 bits per heavy atom. The van der Waals surface area contributed by atoms with Crippen molar-refractivity contribution in [2.75, 3.05) is 62.4 Å². The third-order valence-electron chi connectivity index (χ3n) is 4.24. The largest absolute Gasteiger partial charge is 0.369 e. The number of aromatic nitrogens is 3. The molecule has 1 fully saturated rings. The number of halogens is 1. The zero-order chi connectivity index (χ0) is 17.1. The van der Waals surface area contributed by atoms with Crippen LogP contribution in [0.25, 0.3) is 0 Å². The molecule has 0 radical (unpaired) electrons. The first-order chi connectivity index (χ1) is 11.5. The van der Waals surface area contributed by atoms with Crippen molar-refractivity contribution in [1.82, 2.24) is 20.1 Å². The summed E-state index contributed by atoms with van der Waals surface area (Å²) < 4.78 is 0.